The van der Waals surface area contributed by atoms with Crippen molar-refractivity contribution in [3.8, 4) is 0 Å². The first-order valence-corrected chi connectivity index (χ1v) is 7.75. The van der Waals surface area contributed by atoms with Crippen molar-refractivity contribution in [3.05, 3.63) is 69.8 Å². The summed E-state index contributed by atoms with van der Waals surface area (Å²) in [5.74, 6) is -1.92. The van der Waals surface area contributed by atoms with Crippen LogP contribution in [0.2, 0.25) is 5.02 Å². The Morgan fingerprint density at radius 1 is 1.04 bits per heavy atom. The molecular weight excluding hydrogens is 326 g/mol. The maximum atomic E-state index is 12.1. The Kier molecular flexibility index (Phi) is 5.42. The zero-order valence-corrected chi connectivity index (χ0v) is 14.4. The molecule has 0 spiro atoms. The van der Waals surface area contributed by atoms with E-state index in [2.05, 4.69) is 5.32 Å². The van der Waals surface area contributed by atoms with Gasteiger partial charge in [-0.25, -0.2) is 0 Å². The van der Waals surface area contributed by atoms with E-state index in [1.165, 1.54) is 0 Å². The molecule has 0 aliphatic rings. The number of benzene rings is 2. The molecular formula is C19H18ClNO3. The van der Waals surface area contributed by atoms with Gasteiger partial charge in [0.2, 0.25) is 5.78 Å². The van der Waals surface area contributed by atoms with Crippen molar-refractivity contribution in [1.29, 1.82) is 0 Å². The minimum Gasteiger partial charge on any atom is -0.507 e. The Labute approximate surface area is 145 Å². The minimum atomic E-state index is -0.832. The zero-order chi connectivity index (χ0) is 17.9. The molecule has 0 aliphatic heterocycles. The molecule has 124 valence electrons. The van der Waals surface area contributed by atoms with Gasteiger partial charge in [0, 0.05) is 22.3 Å². The van der Waals surface area contributed by atoms with Gasteiger partial charge < -0.3 is 10.4 Å². The third-order valence-corrected chi connectivity index (χ3v) is 3.80. The van der Waals surface area contributed by atoms with E-state index in [1.807, 2.05) is 32.9 Å². The average molecular weight is 344 g/mol. The van der Waals surface area contributed by atoms with Crippen LogP contribution in [0, 0.1) is 20.8 Å². The van der Waals surface area contributed by atoms with Crippen molar-refractivity contribution in [2.75, 3.05) is 5.32 Å². The van der Waals surface area contributed by atoms with E-state index >= 15 is 0 Å². The highest BCUT2D eigenvalue weighted by Crippen LogP contribution is 2.22. The number of carbonyl (C=O) groups excluding carboxylic acids is 2. The Bertz CT molecular complexity index is 800. The summed E-state index contributed by atoms with van der Waals surface area (Å²) in [6.45, 7) is 5.69. The lowest BCUT2D eigenvalue weighted by Crippen LogP contribution is -2.22. The number of hydrogen-bond donors (Lipinski definition) is 2. The monoisotopic (exact) mass is 343 g/mol. The molecule has 0 radical (unpaired) electrons. The summed E-state index contributed by atoms with van der Waals surface area (Å²) in [7, 11) is 0. The van der Waals surface area contributed by atoms with Crippen LogP contribution in [-0.4, -0.2) is 16.8 Å². The SMILES string of the molecule is Cc1cc(C)c(NC(=O)C(=O)/C=C(\O)c2ccc(Cl)cc2)c(C)c1. The normalized spacial score (nSPS) is 11.2. The quantitative estimate of drug-likeness (QED) is 0.492. The molecule has 24 heavy (non-hydrogen) atoms. The molecule has 2 aromatic carbocycles. The lowest BCUT2D eigenvalue weighted by molar-refractivity contribution is -0.132. The summed E-state index contributed by atoms with van der Waals surface area (Å²) in [4.78, 5) is 24.1. The van der Waals surface area contributed by atoms with E-state index in [-0.39, 0.29) is 5.76 Å². The average Bonchev–Trinajstić information content (AvgIpc) is 2.51. The predicted octanol–water partition coefficient (Wildman–Crippen LogP) is 4.37. The first-order valence-electron chi connectivity index (χ1n) is 7.37. The number of aryl methyl sites for hydroxylation is 3. The molecule has 0 aliphatic carbocycles. The van der Waals surface area contributed by atoms with Crippen LogP contribution < -0.4 is 5.32 Å². The Balaban J connectivity index is 2.17. The van der Waals surface area contributed by atoms with Crippen molar-refractivity contribution in [3.63, 3.8) is 0 Å². The molecule has 0 aromatic heterocycles. The van der Waals surface area contributed by atoms with Crippen LogP contribution in [0.1, 0.15) is 22.3 Å². The summed E-state index contributed by atoms with van der Waals surface area (Å²) in [6.07, 6.45) is 0.900. The number of anilines is 1. The van der Waals surface area contributed by atoms with Crippen molar-refractivity contribution in [2.45, 2.75) is 20.8 Å². The molecule has 0 fully saturated rings. The standard InChI is InChI=1S/C19H18ClNO3/c1-11-8-12(2)18(13(3)9-11)21-19(24)17(23)10-16(22)14-4-6-15(20)7-5-14/h4-10,22H,1-3H3,(H,21,24)/b16-10-. The van der Waals surface area contributed by atoms with Crippen LogP contribution in [0.25, 0.3) is 5.76 Å². The maximum absolute atomic E-state index is 12.1. The third-order valence-electron chi connectivity index (χ3n) is 3.55. The van der Waals surface area contributed by atoms with Gasteiger partial charge in [-0.2, -0.15) is 0 Å². The lowest BCUT2D eigenvalue weighted by atomic mass is 10.0. The van der Waals surface area contributed by atoms with Gasteiger partial charge in [-0.05, 0) is 56.2 Å². The summed E-state index contributed by atoms with van der Waals surface area (Å²) >= 11 is 5.77. The molecule has 0 bridgehead atoms. The topological polar surface area (TPSA) is 66.4 Å². The Morgan fingerprint density at radius 3 is 2.12 bits per heavy atom. The molecule has 2 rings (SSSR count). The fourth-order valence-electron chi connectivity index (χ4n) is 2.45. The van der Waals surface area contributed by atoms with Crippen molar-refractivity contribution in [2.24, 2.45) is 0 Å². The predicted molar refractivity (Wildman–Crippen MR) is 96.3 cm³/mol. The number of hydrogen-bond acceptors (Lipinski definition) is 3. The van der Waals surface area contributed by atoms with Crippen molar-refractivity contribution >= 4 is 34.7 Å². The molecule has 5 heteroatoms. The van der Waals surface area contributed by atoms with E-state index in [1.54, 1.807) is 24.3 Å². The summed E-state index contributed by atoms with van der Waals surface area (Å²) < 4.78 is 0. The van der Waals surface area contributed by atoms with Crippen LogP contribution in [0.5, 0.6) is 0 Å². The molecule has 1 amide bonds. The number of nitrogens with one attached hydrogen (secondary N) is 1. The number of ketones is 1. The van der Waals surface area contributed by atoms with Gasteiger partial charge in [-0.15, -0.1) is 0 Å². The van der Waals surface area contributed by atoms with Crippen molar-refractivity contribution < 1.29 is 14.7 Å². The summed E-state index contributed by atoms with van der Waals surface area (Å²) in [5.41, 5.74) is 3.84. The highest BCUT2D eigenvalue weighted by atomic mass is 35.5. The fourth-order valence-corrected chi connectivity index (χ4v) is 2.57. The second kappa shape index (κ2) is 7.32. The second-order valence-corrected chi connectivity index (χ2v) is 6.06. The number of rotatable bonds is 4. The fraction of sp³-hybridized carbons (Fsp3) is 0.158. The maximum Gasteiger partial charge on any atom is 0.296 e. The summed E-state index contributed by atoms with van der Waals surface area (Å²) in [5, 5.41) is 13.1. The number of aliphatic hydroxyl groups excluding tert-OH is 1. The molecule has 2 aromatic rings. The Hall–Kier alpha value is -2.59. The third kappa shape index (κ3) is 4.24. The first-order chi connectivity index (χ1) is 11.3. The van der Waals surface area contributed by atoms with E-state index in [4.69, 9.17) is 11.6 Å². The molecule has 2 N–H and O–H groups in total. The number of halogens is 1. The van der Waals surface area contributed by atoms with Crippen LogP contribution in [0.15, 0.2) is 42.5 Å². The van der Waals surface area contributed by atoms with Gasteiger partial charge in [0.05, 0.1) is 0 Å². The molecule has 0 unspecified atom stereocenters. The molecule has 0 atom stereocenters. The molecule has 0 saturated heterocycles. The molecule has 0 heterocycles. The number of carbonyl (C=O) groups is 2. The Morgan fingerprint density at radius 2 is 1.58 bits per heavy atom. The van der Waals surface area contributed by atoms with Gasteiger partial charge >= 0.3 is 0 Å². The number of amides is 1. The second-order valence-electron chi connectivity index (χ2n) is 5.63. The van der Waals surface area contributed by atoms with Gasteiger partial charge in [0.25, 0.3) is 5.91 Å². The van der Waals surface area contributed by atoms with E-state index in [9.17, 15) is 14.7 Å². The van der Waals surface area contributed by atoms with E-state index in [0.717, 1.165) is 22.8 Å². The highest BCUT2D eigenvalue weighted by molar-refractivity contribution is 6.45. The van der Waals surface area contributed by atoms with Crippen LogP contribution in [-0.2, 0) is 9.59 Å². The van der Waals surface area contributed by atoms with E-state index in [0.29, 0.717) is 16.3 Å². The largest absolute Gasteiger partial charge is 0.507 e. The lowest BCUT2D eigenvalue weighted by Gasteiger charge is -2.11. The zero-order valence-electron chi connectivity index (χ0n) is 13.7. The molecule has 0 saturated carbocycles. The van der Waals surface area contributed by atoms with Crippen LogP contribution in [0.4, 0.5) is 5.69 Å². The van der Waals surface area contributed by atoms with Gasteiger partial charge in [0.1, 0.15) is 5.76 Å². The summed E-state index contributed by atoms with van der Waals surface area (Å²) in [6, 6.07) is 10.2. The van der Waals surface area contributed by atoms with E-state index < -0.39 is 11.7 Å². The van der Waals surface area contributed by atoms with Gasteiger partial charge in [0.15, 0.2) is 0 Å². The van der Waals surface area contributed by atoms with Crippen LogP contribution in [0.3, 0.4) is 0 Å². The van der Waals surface area contributed by atoms with Crippen molar-refractivity contribution in [1.82, 2.24) is 0 Å². The first kappa shape index (κ1) is 17.8. The van der Waals surface area contributed by atoms with Crippen LogP contribution >= 0.6 is 11.6 Å². The van der Waals surface area contributed by atoms with Gasteiger partial charge in [-0.1, -0.05) is 29.3 Å². The smallest absolute Gasteiger partial charge is 0.296 e. The molecule has 4 nitrogen and oxygen atoms in total. The highest BCUT2D eigenvalue weighted by Gasteiger charge is 2.15. The number of aliphatic hydroxyl groups is 1. The minimum absolute atomic E-state index is 0.288. The van der Waals surface area contributed by atoms with Gasteiger partial charge in [-0.3, -0.25) is 9.59 Å².